The van der Waals surface area contributed by atoms with Crippen LogP contribution < -0.4 is 5.43 Å². The number of hydrogen-bond acceptors (Lipinski definition) is 5. The lowest BCUT2D eigenvalue weighted by molar-refractivity contribution is -0.133. The Kier molecular flexibility index (Phi) is 5.02. The average molecular weight is 409 g/mol. The summed E-state index contributed by atoms with van der Waals surface area (Å²) < 4.78 is 25.3. The van der Waals surface area contributed by atoms with Crippen LogP contribution in [0.25, 0.3) is 10.9 Å². The van der Waals surface area contributed by atoms with Gasteiger partial charge in [0.1, 0.15) is 6.54 Å². The molecular weight excluding hydrogens is 390 g/mol. The average Bonchev–Trinajstić information content (AvgIpc) is 3.08. The molecule has 0 fully saturated rings. The zero-order valence-corrected chi connectivity index (χ0v) is 16.3. The van der Waals surface area contributed by atoms with Crippen LogP contribution in [0.5, 0.6) is 0 Å². The molecule has 1 amide bonds. The van der Waals surface area contributed by atoms with Gasteiger partial charge in [-0.3, -0.25) is 14.3 Å². The van der Waals surface area contributed by atoms with Gasteiger partial charge < -0.3 is 4.90 Å². The Hall–Kier alpha value is -3.26. The Morgan fingerprint density at radius 1 is 1.10 bits per heavy atom. The van der Waals surface area contributed by atoms with Crippen molar-refractivity contribution in [2.24, 2.45) is 0 Å². The summed E-state index contributed by atoms with van der Waals surface area (Å²) in [5.41, 5.74) is 1.24. The minimum absolute atomic E-state index is 0.0992. The third-order valence-electron chi connectivity index (χ3n) is 4.87. The van der Waals surface area contributed by atoms with Gasteiger partial charge in [-0.15, -0.1) is 0 Å². The first kappa shape index (κ1) is 19.1. The largest absolute Gasteiger partial charge is 0.329 e. The van der Waals surface area contributed by atoms with E-state index in [1.807, 2.05) is 30.3 Å². The van der Waals surface area contributed by atoms with Gasteiger partial charge in [0, 0.05) is 17.3 Å². The Morgan fingerprint density at radius 2 is 1.83 bits per heavy atom. The van der Waals surface area contributed by atoms with Crippen LogP contribution in [0.1, 0.15) is 5.56 Å². The van der Waals surface area contributed by atoms with E-state index < -0.39 is 15.9 Å². The molecule has 0 aliphatic carbocycles. The molecule has 2 heterocycles. The summed E-state index contributed by atoms with van der Waals surface area (Å²) in [7, 11) is -3.32. The van der Waals surface area contributed by atoms with Crippen LogP contribution in [-0.4, -0.2) is 40.8 Å². The predicted molar refractivity (Wildman–Crippen MR) is 110 cm³/mol. The van der Waals surface area contributed by atoms with Crippen molar-refractivity contribution in [2.75, 3.05) is 5.75 Å². The van der Waals surface area contributed by atoms with Crippen molar-refractivity contribution >= 4 is 26.6 Å². The first-order chi connectivity index (χ1) is 13.9. The van der Waals surface area contributed by atoms with Crippen LogP contribution in [0, 0.1) is 0 Å². The van der Waals surface area contributed by atoms with Crippen molar-refractivity contribution in [3.8, 4) is 0 Å². The highest BCUT2D eigenvalue weighted by atomic mass is 32.2. The van der Waals surface area contributed by atoms with Crippen molar-refractivity contribution in [1.29, 1.82) is 0 Å². The van der Waals surface area contributed by atoms with Gasteiger partial charge in [-0.2, -0.15) is 5.10 Å². The molecule has 4 rings (SSSR count). The lowest BCUT2D eigenvalue weighted by atomic mass is 10.1. The van der Waals surface area contributed by atoms with Gasteiger partial charge >= 0.3 is 0 Å². The van der Waals surface area contributed by atoms with Gasteiger partial charge in [0.15, 0.2) is 9.84 Å². The first-order valence-corrected chi connectivity index (χ1v) is 10.8. The molecule has 0 saturated carbocycles. The van der Waals surface area contributed by atoms with E-state index in [1.165, 1.54) is 10.9 Å². The zero-order valence-electron chi connectivity index (χ0n) is 15.5. The fraction of sp³-hybridized carbons (Fsp3) is 0.190. The molecule has 0 bridgehead atoms. The van der Waals surface area contributed by atoms with Crippen molar-refractivity contribution in [3.63, 3.8) is 0 Å². The Bertz CT molecular complexity index is 1250. The fourth-order valence-electron chi connectivity index (χ4n) is 3.43. The Balaban J connectivity index is 1.66. The van der Waals surface area contributed by atoms with Gasteiger partial charge in [-0.05, 0) is 23.8 Å². The van der Waals surface area contributed by atoms with Crippen LogP contribution in [0.3, 0.4) is 0 Å². The lowest BCUT2D eigenvalue weighted by Crippen LogP contribution is -2.42. The molecule has 1 aliphatic rings. The number of benzene rings is 2. The van der Waals surface area contributed by atoms with E-state index in [1.54, 1.807) is 35.2 Å². The highest BCUT2D eigenvalue weighted by Gasteiger charge is 2.30. The molecule has 3 aromatic rings. The second kappa shape index (κ2) is 7.63. The molecule has 1 aliphatic heterocycles. The second-order valence-corrected chi connectivity index (χ2v) is 8.85. The Morgan fingerprint density at radius 3 is 2.55 bits per heavy atom. The van der Waals surface area contributed by atoms with E-state index in [-0.39, 0.29) is 30.2 Å². The molecule has 8 heteroatoms. The number of hydrogen-bond donors (Lipinski definition) is 0. The van der Waals surface area contributed by atoms with Crippen molar-refractivity contribution < 1.29 is 13.2 Å². The molecule has 29 heavy (non-hydrogen) atoms. The maximum absolute atomic E-state index is 13.2. The van der Waals surface area contributed by atoms with Gasteiger partial charge in [0.25, 0.3) is 0 Å². The van der Waals surface area contributed by atoms with E-state index in [2.05, 4.69) is 5.10 Å². The number of carbonyl (C=O) groups is 1. The van der Waals surface area contributed by atoms with E-state index in [0.717, 1.165) is 11.0 Å². The van der Waals surface area contributed by atoms with E-state index in [9.17, 15) is 18.0 Å². The van der Waals surface area contributed by atoms with Gasteiger partial charge in [0.05, 0.1) is 23.5 Å². The number of carbonyl (C=O) groups excluding carboxylic acids is 1. The molecule has 1 aromatic heterocycles. The third kappa shape index (κ3) is 4.12. The van der Waals surface area contributed by atoms with Crippen LogP contribution in [0.2, 0.25) is 0 Å². The molecule has 0 radical (unpaired) electrons. The molecule has 0 saturated heterocycles. The summed E-state index contributed by atoms with van der Waals surface area (Å²) in [6, 6.07) is 15.8. The van der Waals surface area contributed by atoms with E-state index >= 15 is 0 Å². The van der Waals surface area contributed by atoms with E-state index in [0.29, 0.717) is 10.9 Å². The first-order valence-electron chi connectivity index (χ1n) is 9.12. The summed E-state index contributed by atoms with van der Waals surface area (Å²) in [5.74, 6) is -0.411. The van der Waals surface area contributed by atoms with Crippen molar-refractivity contribution in [3.05, 3.63) is 88.1 Å². The van der Waals surface area contributed by atoms with Crippen molar-refractivity contribution in [1.82, 2.24) is 14.7 Å². The summed E-state index contributed by atoms with van der Waals surface area (Å²) in [6.45, 7) is 0.181. The predicted octanol–water partition coefficient (Wildman–Crippen LogP) is 1.74. The molecule has 0 spiro atoms. The monoisotopic (exact) mass is 409 g/mol. The summed E-state index contributed by atoms with van der Waals surface area (Å²) >= 11 is 0. The molecule has 2 aromatic carbocycles. The number of para-hydroxylation sites is 1. The number of aromatic nitrogens is 2. The Labute approximate surface area is 167 Å². The van der Waals surface area contributed by atoms with Crippen molar-refractivity contribution in [2.45, 2.75) is 19.1 Å². The number of fused-ring (bicyclic) bond motifs is 1. The summed E-state index contributed by atoms with van der Waals surface area (Å²) in [6.07, 6.45) is 2.74. The second-order valence-electron chi connectivity index (χ2n) is 6.92. The fourth-order valence-corrected chi connectivity index (χ4v) is 4.73. The van der Waals surface area contributed by atoms with Crippen LogP contribution >= 0.6 is 0 Å². The number of amides is 1. The number of nitrogens with zero attached hydrogens (tertiary/aromatic N) is 3. The number of sulfone groups is 1. The van der Waals surface area contributed by atoms with E-state index in [4.69, 9.17) is 0 Å². The highest BCUT2D eigenvalue weighted by molar-refractivity contribution is 7.94. The summed E-state index contributed by atoms with van der Waals surface area (Å²) in [5, 5.41) is 5.75. The topological polar surface area (TPSA) is 89.3 Å². The molecule has 148 valence electrons. The SMILES string of the molecule is O=C(Cn1ncc(=O)c2ccccc21)N(Cc1ccccc1)[C@@H]1C=CS(=O)(=O)C1. The highest BCUT2D eigenvalue weighted by Crippen LogP contribution is 2.19. The quantitative estimate of drug-likeness (QED) is 0.640. The van der Waals surface area contributed by atoms with Crippen LogP contribution in [0.4, 0.5) is 0 Å². The maximum atomic E-state index is 13.2. The molecule has 7 nitrogen and oxygen atoms in total. The molecule has 1 atom stereocenters. The van der Waals surface area contributed by atoms with Gasteiger partial charge in [-0.25, -0.2) is 8.42 Å². The zero-order chi connectivity index (χ0) is 20.4. The minimum Gasteiger partial charge on any atom is -0.329 e. The smallest absolute Gasteiger partial charge is 0.245 e. The maximum Gasteiger partial charge on any atom is 0.245 e. The van der Waals surface area contributed by atoms with Gasteiger partial charge in [-0.1, -0.05) is 42.5 Å². The lowest BCUT2D eigenvalue weighted by Gasteiger charge is -2.28. The normalized spacial score (nSPS) is 17.4. The molecule has 0 unspecified atom stereocenters. The minimum atomic E-state index is -3.32. The number of rotatable bonds is 5. The molecular formula is C21H19N3O4S. The van der Waals surface area contributed by atoms with Crippen LogP contribution in [0.15, 0.2) is 77.1 Å². The standard InChI is InChI=1S/C21H19N3O4S/c25-20-12-22-24(19-9-5-4-8-18(19)20)14-21(26)23(13-16-6-2-1-3-7-16)17-10-11-29(27,28)15-17/h1-12,17H,13-15H2/t17-/m1/s1. The third-order valence-corrected chi connectivity index (χ3v) is 6.25. The van der Waals surface area contributed by atoms with Crippen LogP contribution in [-0.2, 0) is 27.7 Å². The molecule has 0 N–H and O–H groups in total. The summed E-state index contributed by atoms with van der Waals surface area (Å²) in [4.78, 5) is 26.8. The van der Waals surface area contributed by atoms with Gasteiger partial charge in [0.2, 0.25) is 11.3 Å².